The van der Waals surface area contributed by atoms with Gasteiger partial charge in [-0.3, -0.25) is 0 Å². The first kappa shape index (κ1) is 16.6. The molecule has 0 radical (unpaired) electrons. The van der Waals surface area contributed by atoms with Gasteiger partial charge in [-0.15, -0.1) is 0 Å². The van der Waals surface area contributed by atoms with Crippen LogP contribution in [0.5, 0.6) is 0 Å². The lowest BCUT2D eigenvalue weighted by atomic mass is 9.81. The Bertz CT molecular complexity index is 1900. The molecule has 6 aromatic carbocycles. The Morgan fingerprint density at radius 2 is 1.31 bits per heavy atom. The van der Waals surface area contributed by atoms with Crippen LogP contribution in [0.3, 0.4) is 0 Å². The minimum atomic E-state index is 0.999. The van der Waals surface area contributed by atoms with Crippen molar-refractivity contribution < 1.29 is 0 Å². The molecule has 8 rings (SSSR count). The lowest BCUT2D eigenvalue weighted by Crippen LogP contribution is -2.01. The zero-order chi connectivity index (χ0) is 20.8. The van der Waals surface area contributed by atoms with Crippen molar-refractivity contribution in [3.63, 3.8) is 0 Å². The fourth-order valence-corrected chi connectivity index (χ4v) is 5.98. The third-order valence-corrected chi connectivity index (χ3v) is 7.35. The van der Waals surface area contributed by atoms with E-state index in [-0.39, 0.29) is 0 Å². The summed E-state index contributed by atoms with van der Waals surface area (Å²) in [6.07, 6.45) is 0.999. The van der Waals surface area contributed by atoms with Crippen molar-refractivity contribution in [2.24, 2.45) is 0 Å². The van der Waals surface area contributed by atoms with E-state index in [1.807, 2.05) is 0 Å². The van der Waals surface area contributed by atoms with Crippen molar-refractivity contribution in [2.45, 2.75) is 6.42 Å². The Kier molecular flexibility index (Phi) is 2.99. The van der Waals surface area contributed by atoms with E-state index in [1.54, 1.807) is 0 Å². The summed E-state index contributed by atoms with van der Waals surface area (Å²) in [5, 5.41) is 10.7. The molecular weight excluding hydrogens is 386 g/mol. The molecule has 1 aromatic heterocycles. The minimum Gasteiger partial charge on any atom is -0.354 e. The molecule has 1 aliphatic carbocycles. The molecule has 1 heterocycles. The van der Waals surface area contributed by atoms with Gasteiger partial charge in [-0.05, 0) is 85.3 Å². The topological polar surface area (TPSA) is 15.8 Å². The number of fused-ring (bicyclic) bond motifs is 9. The Balaban J connectivity index is 1.57. The molecule has 0 atom stereocenters. The maximum absolute atomic E-state index is 3.60. The molecule has 1 nitrogen and oxygen atoms in total. The molecule has 0 spiro atoms. The van der Waals surface area contributed by atoms with Crippen LogP contribution in [-0.2, 0) is 6.42 Å². The third kappa shape index (κ3) is 2.03. The number of H-pyrrole nitrogens is 1. The Labute approximate surface area is 184 Å². The quantitative estimate of drug-likeness (QED) is 0.193. The second-order valence-corrected chi connectivity index (χ2v) is 9.05. The highest BCUT2D eigenvalue weighted by atomic mass is 14.7. The van der Waals surface area contributed by atoms with Crippen LogP contribution in [0.25, 0.3) is 65.3 Å². The van der Waals surface area contributed by atoms with Gasteiger partial charge in [0.1, 0.15) is 0 Å². The lowest BCUT2D eigenvalue weighted by molar-refractivity contribution is 1.20. The predicted octanol–water partition coefficient (Wildman–Crippen LogP) is 8.35. The van der Waals surface area contributed by atoms with E-state index in [1.165, 1.54) is 76.4 Å². The van der Waals surface area contributed by atoms with Crippen LogP contribution in [0.4, 0.5) is 0 Å². The first-order chi connectivity index (χ1) is 15.8. The normalized spacial score (nSPS) is 12.9. The highest BCUT2D eigenvalue weighted by molar-refractivity contribution is 6.25. The molecule has 0 bridgehead atoms. The predicted molar refractivity (Wildman–Crippen MR) is 137 cm³/mol. The molecule has 7 aromatic rings. The van der Waals surface area contributed by atoms with Gasteiger partial charge < -0.3 is 4.98 Å². The smallest absolute Gasteiger partial charge is 0.0471 e. The summed E-state index contributed by atoms with van der Waals surface area (Å²) in [4.78, 5) is 3.60. The number of aromatic amines is 1. The highest BCUT2D eigenvalue weighted by Crippen LogP contribution is 2.43. The summed E-state index contributed by atoms with van der Waals surface area (Å²) < 4.78 is 0. The molecule has 0 fully saturated rings. The monoisotopic (exact) mass is 405 g/mol. The van der Waals surface area contributed by atoms with Crippen molar-refractivity contribution in [1.29, 1.82) is 0 Å². The summed E-state index contributed by atoms with van der Waals surface area (Å²) in [6, 6.07) is 36.0. The fourth-order valence-electron chi connectivity index (χ4n) is 5.98. The molecule has 0 unspecified atom stereocenters. The van der Waals surface area contributed by atoms with E-state index in [4.69, 9.17) is 0 Å². The highest BCUT2D eigenvalue weighted by Gasteiger charge is 2.20. The van der Waals surface area contributed by atoms with E-state index in [0.717, 1.165) is 6.42 Å². The second kappa shape index (κ2) is 5.77. The molecule has 148 valence electrons. The molecule has 0 saturated carbocycles. The van der Waals surface area contributed by atoms with Gasteiger partial charge >= 0.3 is 0 Å². The van der Waals surface area contributed by atoms with Crippen LogP contribution < -0.4 is 0 Å². The Morgan fingerprint density at radius 3 is 2.31 bits per heavy atom. The molecule has 1 aliphatic rings. The summed E-state index contributed by atoms with van der Waals surface area (Å²) in [5.74, 6) is 0. The van der Waals surface area contributed by atoms with E-state index < -0.39 is 0 Å². The van der Waals surface area contributed by atoms with Crippen LogP contribution in [-0.4, -0.2) is 4.98 Å². The zero-order valence-electron chi connectivity index (χ0n) is 17.4. The van der Waals surface area contributed by atoms with Crippen LogP contribution >= 0.6 is 0 Å². The van der Waals surface area contributed by atoms with Crippen molar-refractivity contribution in [3.05, 3.63) is 108 Å². The minimum absolute atomic E-state index is 0.999. The maximum Gasteiger partial charge on any atom is 0.0471 e. The van der Waals surface area contributed by atoms with Gasteiger partial charge in [0.2, 0.25) is 0 Å². The SMILES string of the molecule is c1ccc2c(c1)Cc1cc3cc4ccc5[nH]c6ccccc6c5c4cc3c3cccc-2c13. The van der Waals surface area contributed by atoms with E-state index >= 15 is 0 Å². The molecule has 32 heavy (non-hydrogen) atoms. The van der Waals surface area contributed by atoms with Crippen LogP contribution in [0.2, 0.25) is 0 Å². The summed E-state index contributed by atoms with van der Waals surface area (Å²) in [6.45, 7) is 0. The molecule has 1 N–H and O–H groups in total. The van der Waals surface area contributed by atoms with Crippen LogP contribution in [0, 0.1) is 0 Å². The second-order valence-electron chi connectivity index (χ2n) is 9.05. The van der Waals surface area contributed by atoms with Crippen molar-refractivity contribution in [3.8, 4) is 11.1 Å². The lowest BCUT2D eigenvalue weighted by Gasteiger charge is -2.22. The van der Waals surface area contributed by atoms with Gasteiger partial charge in [-0.25, -0.2) is 0 Å². The number of nitrogens with one attached hydrogen (secondary N) is 1. The summed E-state index contributed by atoms with van der Waals surface area (Å²) >= 11 is 0. The summed E-state index contributed by atoms with van der Waals surface area (Å²) in [7, 11) is 0. The number of hydrogen-bond acceptors (Lipinski definition) is 0. The van der Waals surface area contributed by atoms with Gasteiger partial charge in [-0.1, -0.05) is 72.8 Å². The van der Waals surface area contributed by atoms with Crippen molar-refractivity contribution >= 4 is 54.1 Å². The van der Waals surface area contributed by atoms with E-state index in [9.17, 15) is 0 Å². The molecule has 0 amide bonds. The standard InChI is InChI=1S/C31H19N/c1-2-7-22-18(6-1)15-21-16-20-14-19-12-13-29-31(25-8-3-4-11-28(25)32-29)27(19)17-26(20)24-10-5-9-23(22)30(21)24/h1-14,16-17,32H,15H2. The van der Waals surface area contributed by atoms with Gasteiger partial charge in [-0.2, -0.15) is 0 Å². The van der Waals surface area contributed by atoms with E-state index in [2.05, 4.69) is 102 Å². The number of para-hydroxylation sites is 1. The summed E-state index contributed by atoms with van der Waals surface area (Å²) in [5.41, 5.74) is 8.01. The number of aromatic nitrogens is 1. The first-order valence-corrected chi connectivity index (χ1v) is 11.2. The van der Waals surface area contributed by atoms with Crippen LogP contribution in [0.1, 0.15) is 11.1 Å². The van der Waals surface area contributed by atoms with Gasteiger partial charge in [0, 0.05) is 21.8 Å². The van der Waals surface area contributed by atoms with Crippen molar-refractivity contribution in [1.82, 2.24) is 4.98 Å². The molecular formula is C31H19N. The number of rotatable bonds is 0. The molecule has 0 aliphatic heterocycles. The van der Waals surface area contributed by atoms with Gasteiger partial charge in [0.15, 0.2) is 0 Å². The average Bonchev–Trinajstić information content (AvgIpc) is 3.22. The maximum atomic E-state index is 3.60. The largest absolute Gasteiger partial charge is 0.354 e. The zero-order valence-corrected chi connectivity index (χ0v) is 17.4. The Morgan fingerprint density at radius 1 is 0.469 bits per heavy atom. The third-order valence-electron chi connectivity index (χ3n) is 7.35. The molecule has 0 saturated heterocycles. The van der Waals surface area contributed by atoms with Crippen LogP contribution in [0.15, 0.2) is 97.1 Å². The van der Waals surface area contributed by atoms with Crippen molar-refractivity contribution in [2.75, 3.05) is 0 Å². The Hall–Kier alpha value is -4.10. The number of hydrogen-bond donors (Lipinski definition) is 1. The average molecular weight is 406 g/mol. The number of benzene rings is 6. The van der Waals surface area contributed by atoms with Gasteiger partial charge in [0.25, 0.3) is 0 Å². The molecule has 1 heteroatoms. The van der Waals surface area contributed by atoms with Gasteiger partial charge in [0.05, 0.1) is 0 Å². The fraction of sp³-hybridized carbons (Fsp3) is 0.0323. The first-order valence-electron chi connectivity index (χ1n) is 11.2. The van der Waals surface area contributed by atoms with E-state index in [0.29, 0.717) is 0 Å².